The van der Waals surface area contributed by atoms with Gasteiger partial charge in [-0.05, 0) is 24.8 Å². The number of hydrogen-bond donors (Lipinski definition) is 1. The Labute approximate surface area is 116 Å². The van der Waals surface area contributed by atoms with Crippen LogP contribution in [0.5, 0.6) is 0 Å². The third-order valence-electron chi connectivity index (χ3n) is 3.21. The van der Waals surface area contributed by atoms with E-state index in [0.717, 1.165) is 12.8 Å². The number of piperidine rings is 1. The van der Waals surface area contributed by atoms with E-state index < -0.39 is 0 Å². The third-order valence-corrected chi connectivity index (χ3v) is 3.72. The van der Waals surface area contributed by atoms with E-state index in [-0.39, 0.29) is 17.7 Å². The van der Waals surface area contributed by atoms with Crippen molar-refractivity contribution in [3.05, 3.63) is 28.0 Å². The van der Waals surface area contributed by atoms with Crippen molar-refractivity contribution in [3.8, 4) is 0 Å². The highest BCUT2D eigenvalue weighted by atomic mass is 35.5. The van der Waals surface area contributed by atoms with Gasteiger partial charge in [-0.2, -0.15) is 0 Å². The maximum atomic E-state index is 12.3. The van der Waals surface area contributed by atoms with E-state index >= 15 is 0 Å². The van der Waals surface area contributed by atoms with E-state index in [1.807, 2.05) is 0 Å². The molecule has 0 bridgehead atoms. The Hall–Kier alpha value is -0.840. The first-order valence-corrected chi connectivity index (χ1v) is 6.58. The summed E-state index contributed by atoms with van der Waals surface area (Å²) in [7, 11) is 0. The summed E-state index contributed by atoms with van der Waals surface area (Å²) in [6.07, 6.45) is 3.02. The van der Waals surface area contributed by atoms with Crippen molar-refractivity contribution < 1.29 is 9.90 Å². The molecule has 0 aromatic carbocycles. The van der Waals surface area contributed by atoms with E-state index in [2.05, 4.69) is 4.98 Å². The zero-order valence-electron chi connectivity index (χ0n) is 9.77. The van der Waals surface area contributed by atoms with Crippen LogP contribution in [0.15, 0.2) is 12.3 Å². The van der Waals surface area contributed by atoms with Gasteiger partial charge in [0, 0.05) is 25.9 Å². The van der Waals surface area contributed by atoms with Gasteiger partial charge in [-0.25, -0.2) is 4.98 Å². The largest absolute Gasteiger partial charge is 0.396 e. The van der Waals surface area contributed by atoms with E-state index in [4.69, 9.17) is 28.3 Å². The molecule has 1 aromatic rings. The maximum absolute atomic E-state index is 12.3. The van der Waals surface area contributed by atoms with Gasteiger partial charge < -0.3 is 10.0 Å². The number of pyridine rings is 1. The lowest BCUT2D eigenvalue weighted by atomic mass is 9.97. The second kappa shape index (κ2) is 5.87. The number of amides is 1. The van der Waals surface area contributed by atoms with E-state index in [1.165, 1.54) is 12.3 Å². The average Bonchev–Trinajstić information content (AvgIpc) is 2.41. The molecule has 1 aliphatic heterocycles. The number of aliphatic hydroxyl groups excluding tert-OH is 1. The Morgan fingerprint density at radius 2 is 2.11 bits per heavy atom. The zero-order valence-corrected chi connectivity index (χ0v) is 11.3. The van der Waals surface area contributed by atoms with Crippen LogP contribution in [0, 0.1) is 5.92 Å². The van der Waals surface area contributed by atoms with Crippen molar-refractivity contribution >= 4 is 29.1 Å². The number of rotatable bonds is 2. The lowest BCUT2D eigenvalue weighted by Crippen LogP contribution is -2.39. The summed E-state index contributed by atoms with van der Waals surface area (Å²) in [5.74, 6) is 0.172. The van der Waals surface area contributed by atoms with E-state index in [9.17, 15) is 4.79 Å². The number of hydrogen-bond acceptors (Lipinski definition) is 3. The molecule has 18 heavy (non-hydrogen) atoms. The van der Waals surface area contributed by atoms with Gasteiger partial charge in [0.2, 0.25) is 0 Å². The number of halogens is 2. The van der Waals surface area contributed by atoms with Crippen LogP contribution in [0.25, 0.3) is 0 Å². The molecule has 1 aromatic heterocycles. The highest BCUT2D eigenvalue weighted by molar-refractivity contribution is 6.35. The molecular weight excluding hydrogens is 275 g/mol. The number of aromatic nitrogens is 1. The van der Waals surface area contributed by atoms with Gasteiger partial charge in [0.05, 0.1) is 10.6 Å². The summed E-state index contributed by atoms with van der Waals surface area (Å²) in [4.78, 5) is 17.8. The second-order valence-electron chi connectivity index (χ2n) is 4.41. The van der Waals surface area contributed by atoms with Crippen molar-refractivity contribution in [1.29, 1.82) is 0 Å². The summed E-state index contributed by atoms with van der Waals surface area (Å²) < 4.78 is 0. The SMILES string of the molecule is O=C(c1cc(Cl)ncc1Cl)N1CCC(CO)CC1. The molecule has 1 amide bonds. The molecule has 0 atom stereocenters. The topological polar surface area (TPSA) is 53.4 Å². The number of carbonyl (C=O) groups excluding carboxylic acids is 1. The fraction of sp³-hybridized carbons (Fsp3) is 0.500. The van der Waals surface area contributed by atoms with Crippen molar-refractivity contribution in [1.82, 2.24) is 9.88 Å². The summed E-state index contributed by atoms with van der Waals surface area (Å²) in [5.41, 5.74) is 0.388. The Morgan fingerprint density at radius 1 is 1.44 bits per heavy atom. The Balaban J connectivity index is 2.10. The number of likely N-dealkylation sites (tertiary alicyclic amines) is 1. The molecule has 0 radical (unpaired) electrons. The third kappa shape index (κ3) is 2.94. The van der Waals surface area contributed by atoms with Crippen molar-refractivity contribution in [2.45, 2.75) is 12.8 Å². The van der Waals surface area contributed by atoms with E-state index in [0.29, 0.717) is 29.6 Å². The summed E-state index contributed by atoms with van der Waals surface area (Å²) in [6.45, 7) is 1.46. The van der Waals surface area contributed by atoms with Gasteiger partial charge in [-0.1, -0.05) is 23.2 Å². The first-order chi connectivity index (χ1) is 8.61. The van der Waals surface area contributed by atoms with Crippen molar-refractivity contribution in [3.63, 3.8) is 0 Å². The fourth-order valence-corrected chi connectivity index (χ4v) is 2.41. The highest BCUT2D eigenvalue weighted by Gasteiger charge is 2.24. The Morgan fingerprint density at radius 3 is 2.72 bits per heavy atom. The highest BCUT2D eigenvalue weighted by Crippen LogP contribution is 2.23. The molecule has 0 spiro atoms. The molecule has 4 nitrogen and oxygen atoms in total. The Kier molecular flexibility index (Phi) is 4.43. The van der Waals surface area contributed by atoms with Gasteiger partial charge in [0.1, 0.15) is 5.15 Å². The summed E-state index contributed by atoms with van der Waals surface area (Å²) in [6, 6.07) is 1.49. The van der Waals surface area contributed by atoms with Gasteiger partial charge in [0.25, 0.3) is 5.91 Å². The minimum atomic E-state index is -0.124. The van der Waals surface area contributed by atoms with Gasteiger partial charge in [0.15, 0.2) is 0 Å². The van der Waals surface area contributed by atoms with Crippen LogP contribution in [-0.2, 0) is 0 Å². The fourth-order valence-electron chi connectivity index (χ4n) is 2.07. The Bertz CT molecular complexity index is 446. The van der Waals surface area contributed by atoms with Crippen LogP contribution in [0.4, 0.5) is 0 Å². The first-order valence-electron chi connectivity index (χ1n) is 5.83. The van der Waals surface area contributed by atoms with Crippen molar-refractivity contribution in [2.24, 2.45) is 5.92 Å². The van der Waals surface area contributed by atoms with Crippen LogP contribution in [-0.4, -0.2) is 40.6 Å². The second-order valence-corrected chi connectivity index (χ2v) is 5.20. The zero-order chi connectivity index (χ0) is 13.1. The monoisotopic (exact) mass is 288 g/mol. The van der Waals surface area contributed by atoms with Crippen LogP contribution in [0.1, 0.15) is 23.2 Å². The molecule has 0 saturated carbocycles. The number of aliphatic hydroxyl groups is 1. The van der Waals surface area contributed by atoms with Gasteiger partial charge in [-0.15, -0.1) is 0 Å². The van der Waals surface area contributed by atoms with Crippen LogP contribution in [0.2, 0.25) is 10.2 Å². The minimum Gasteiger partial charge on any atom is -0.396 e. The van der Waals surface area contributed by atoms with Crippen molar-refractivity contribution in [2.75, 3.05) is 19.7 Å². The molecule has 1 fully saturated rings. The maximum Gasteiger partial charge on any atom is 0.255 e. The minimum absolute atomic E-state index is 0.124. The quantitative estimate of drug-likeness (QED) is 0.849. The van der Waals surface area contributed by atoms with Crippen LogP contribution >= 0.6 is 23.2 Å². The molecule has 98 valence electrons. The molecular formula is C12H14Cl2N2O2. The molecule has 0 unspecified atom stereocenters. The number of carbonyl (C=O) groups is 1. The van der Waals surface area contributed by atoms with Gasteiger partial charge >= 0.3 is 0 Å². The molecule has 6 heteroatoms. The molecule has 2 rings (SSSR count). The normalized spacial score (nSPS) is 16.9. The molecule has 0 aliphatic carbocycles. The van der Waals surface area contributed by atoms with Crippen LogP contribution < -0.4 is 0 Å². The smallest absolute Gasteiger partial charge is 0.255 e. The predicted molar refractivity (Wildman–Crippen MR) is 70.0 cm³/mol. The summed E-state index contributed by atoms with van der Waals surface area (Å²) in [5, 5.41) is 9.63. The lowest BCUT2D eigenvalue weighted by molar-refractivity contribution is 0.0651. The number of nitrogens with zero attached hydrogens (tertiary/aromatic N) is 2. The molecule has 1 N–H and O–H groups in total. The molecule has 1 saturated heterocycles. The standard InChI is InChI=1S/C12H14Cl2N2O2/c13-10-6-15-11(14)5-9(10)12(18)16-3-1-8(7-17)2-4-16/h5-6,8,17H,1-4,7H2. The summed E-state index contributed by atoms with van der Waals surface area (Å²) >= 11 is 11.7. The molecule has 1 aliphatic rings. The predicted octanol–water partition coefficient (Wildman–Crippen LogP) is 2.23. The first kappa shape index (κ1) is 13.6. The van der Waals surface area contributed by atoms with E-state index in [1.54, 1.807) is 4.90 Å². The van der Waals surface area contributed by atoms with Gasteiger partial charge in [-0.3, -0.25) is 4.79 Å². The lowest BCUT2D eigenvalue weighted by Gasteiger charge is -2.31. The molecule has 2 heterocycles. The van der Waals surface area contributed by atoms with Crippen LogP contribution in [0.3, 0.4) is 0 Å². The average molecular weight is 289 g/mol.